The van der Waals surface area contributed by atoms with Crippen LogP contribution in [0.25, 0.3) is 33.0 Å². The molecule has 1 aliphatic rings. The van der Waals surface area contributed by atoms with Gasteiger partial charge in [0, 0.05) is 42.0 Å². The molecule has 10 nitrogen and oxygen atoms in total. The van der Waals surface area contributed by atoms with Gasteiger partial charge < -0.3 is 19.9 Å². The summed E-state index contributed by atoms with van der Waals surface area (Å²) in [5.41, 5.74) is 0.828. The molecule has 2 atom stereocenters. The summed E-state index contributed by atoms with van der Waals surface area (Å²) >= 11 is 1.19. The van der Waals surface area contributed by atoms with Gasteiger partial charge in [-0.1, -0.05) is 30.3 Å². The highest BCUT2D eigenvalue weighted by Gasteiger charge is 2.37. The van der Waals surface area contributed by atoms with E-state index in [0.29, 0.717) is 46.9 Å². The Morgan fingerprint density at radius 2 is 1.95 bits per heavy atom. The van der Waals surface area contributed by atoms with Crippen LogP contribution in [0.4, 0.5) is 23.9 Å². The van der Waals surface area contributed by atoms with Crippen molar-refractivity contribution in [2.45, 2.75) is 51.6 Å². The van der Waals surface area contributed by atoms with Gasteiger partial charge in [0.15, 0.2) is 5.01 Å². The fourth-order valence-electron chi connectivity index (χ4n) is 5.05. The number of benzene rings is 1. The van der Waals surface area contributed by atoms with Gasteiger partial charge in [0.25, 0.3) is 0 Å². The molecule has 0 spiro atoms. The number of amides is 1. The van der Waals surface area contributed by atoms with Gasteiger partial charge in [0.05, 0.1) is 5.69 Å². The van der Waals surface area contributed by atoms with E-state index in [1.165, 1.54) is 17.7 Å². The van der Waals surface area contributed by atoms with Gasteiger partial charge in [-0.2, -0.15) is 17.5 Å². The zero-order valence-electron chi connectivity index (χ0n) is 23.2. The first-order chi connectivity index (χ1) is 20.7. The van der Waals surface area contributed by atoms with Crippen molar-refractivity contribution in [3.8, 4) is 22.0 Å². The van der Waals surface area contributed by atoms with E-state index < -0.39 is 17.8 Å². The summed E-state index contributed by atoms with van der Waals surface area (Å²) in [7, 11) is 0. The number of hydrogen-bond donors (Lipinski definition) is 2. The van der Waals surface area contributed by atoms with Crippen molar-refractivity contribution in [1.82, 2.24) is 34.2 Å². The van der Waals surface area contributed by atoms with Gasteiger partial charge in [-0.25, -0.2) is 24.7 Å². The van der Waals surface area contributed by atoms with E-state index in [-0.39, 0.29) is 35.9 Å². The molecule has 1 aromatic carbocycles. The standard InChI is InChI=1S/C29H27F3N8O2S/c1-16-8-9-19(14-40(16)28(41)42-15-18-6-4-3-5-7-18)36-27-34-13-22(29(30,31)32)24(38-27)21-12-33-25-20(21)10-11-23(37-25)26-35-17(2)39-43-26/h3-7,10-13,16,19H,8-9,14-15H2,1-2H3,(H,33,37)(H,34,36,38)/t16-,19-/m1/s1. The highest BCUT2D eigenvalue weighted by Crippen LogP contribution is 2.39. The molecule has 0 unspecified atom stereocenters. The summed E-state index contributed by atoms with van der Waals surface area (Å²) in [5, 5.41) is 4.23. The molecule has 43 heavy (non-hydrogen) atoms. The average Bonchev–Trinajstić information content (AvgIpc) is 3.62. The number of aromatic nitrogens is 6. The van der Waals surface area contributed by atoms with Crippen LogP contribution < -0.4 is 5.32 Å². The van der Waals surface area contributed by atoms with Crippen molar-refractivity contribution in [1.29, 1.82) is 0 Å². The maximum Gasteiger partial charge on any atom is 0.419 e. The molecule has 4 aromatic heterocycles. The van der Waals surface area contributed by atoms with E-state index in [1.807, 2.05) is 37.3 Å². The summed E-state index contributed by atoms with van der Waals surface area (Å²) in [6, 6.07) is 12.4. The number of alkyl halides is 3. The molecule has 0 bridgehead atoms. The largest absolute Gasteiger partial charge is 0.445 e. The minimum atomic E-state index is -4.69. The number of anilines is 1. The van der Waals surface area contributed by atoms with Gasteiger partial charge in [0.2, 0.25) is 5.95 Å². The van der Waals surface area contributed by atoms with Crippen molar-refractivity contribution < 1.29 is 22.7 Å². The third-order valence-electron chi connectivity index (χ3n) is 7.29. The number of piperidine rings is 1. The van der Waals surface area contributed by atoms with Gasteiger partial charge in [-0.15, -0.1) is 0 Å². The van der Waals surface area contributed by atoms with Crippen LogP contribution in [-0.2, 0) is 17.5 Å². The van der Waals surface area contributed by atoms with E-state index in [0.717, 1.165) is 11.8 Å². The normalized spacial score (nSPS) is 17.3. The Hall–Kier alpha value is -4.59. The van der Waals surface area contributed by atoms with Crippen LogP contribution in [0.15, 0.2) is 54.9 Å². The molecule has 2 N–H and O–H groups in total. The maximum absolute atomic E-state index is 14.1. The molecule has 1 fully saturated rings. The Balaban J connectivity index is 1.24. The number of likely N-dealkylation sites (tertiary alicyclic amines) is 1. The summed E-state index contributed by atoms with van der Waals surface area (Å²) in [4.78, 5) is 34.7. The second kappa shape index (κ2) is 11.6. The van der Waals surface area contributed by atoms with E-state index >= 15 is 0 Å². The number of nitrogens with zero attached hydrogens (tertiary/aromatic N) is 6. The van der Waals surface area contributed by atoms with Crippen LogP contribution in [0.5, 0.6) is 0 Å². The molecular formula is C29H27F3N8O2S. The Kier molecular flexibility index (Phi) is 7.69. The van der Waals surface area contributed by atoms with Gasteiger partial charge >= 0.3 is 12.3 Å². The van der Waals surface area contributed by atoms with Crippen molar-refractivity contribution in [2.75, 3.05) is 11.9 Å². The topological polar surface area (TPSA) is 122 Å². The highest BCUT2D eigenvalue weighted by molar-refractivity contribution is 7.09. The number of H-pyrrole nitrogens is 1. The van der Waals surface area contributed by atoms with Crippen LogP contribution in [0.2, 0.25) is 0 Å². The average molecular weight is 609 g/mol. The lowest BCUT2D eigenvalue weighted by molar-refractivity contribution is -0.137. The number of carbonyl (C=O) groups excluding carboxylic acids is 1. The minimum absolute atomic E-state index is 0.0309. The number of aryl methyl sites for hydroxylation is 1. The molecule has 14 heteroatoms. The lowest BCUT2D eigenvalue weighted by Gasteiger charge is -2.37. The number of fused-ring (bicyclic) bond motifs is 1. The number of pyridine rings is 1. The van der Waals surface area contributed by atoms with Gasteiger partial charge in [0.1, 0.15) is 29.3 Å². The Bertz CT molecular complexity index is 1760. The molecule has 222 valence electrons. The van der Waals surface area contributed by atoms with Crippen molar-refractivity contribution in [3.05, 3.63) is 71.8 Å². The van der Waals surface area contributed by atoms with Gasteiger partial charge in [-0.05, 0) is 55.9 Å². The summed E-state index contributed by atoms with van der Waals surface area (Å²) in [5.74, 6) is 0.646. The van der Waals surface area contributed by atoms with Crippen molar-refractivity contribution in [3.63, 3.8) is 0 Å². The van der Waals surface area contributed by atoms with Crippen molar-refractivity contribution in [2.24, 2.45) is 0 Å². The van der Waals surface area contributed by atoms with Gasteiger partial charge in [-0.3, -0.25) is 0 Å². The smallest absolute Gasteiger partial charge is 0.419 e. The van der Waals surface area contributed by atoms with Crippen LogP contribution in [0.1, 0.15) is 36.7 Å². The van der Waals surface area contributed by atoms with Crippen molar-refractivity contribution >= 4 is 34.6 Å². The number of carbonyl (C=O) groups is 1. The van der Waals surface area contributed by atoms with E-state index in [9.17, 15) is 18.0 Å². The number of rotatable bonds is 6. The number of aromatic amines is 1. The molecule has 1 saturated heterocycles. The number of ether oxygens (including phenoxy) is 1. The number of nitrogens with one attached hydrogen (secondary N) is 2. The Morgan fingerprint density at radius 3 is 2.70 bits per heavy atom. The predicted molar refractivity (Wildman–Crippen MR) is 155 cm³/mol. The molecule has 1 amide bonds. The van der Waals surface area contributed by atoms with E-state index in [2.05, 4.69) is 34.6 Å². The fraction of sp³-hybridized carbons (Fsp3) is 0.310. The monoisotopic (exact) mass is 608 g/mol. The van der Waals surface area contributed by atoms with Crippen LogP contribution in [-0.4, -0.2) is 58.9 Å². The lowest BCUT2D eigenvalue weighted by Crippen LogP contribution is -2.50. The van der Waals surface area contributed by atoms with Crippen LogP contribution >= 0.6 is 11.5 Å². The summed E-state index contributed by atoms with van der Waals surface area (Å²) < 4.78 is 52.0. The molecular weight excluding hydrogens is 581 g/mol. The fourth-order valence-corrected chi connectivity index (χ4v) is 5.69. The number of halogens is 3. The zero-order valence-corrected chi connectivity index (χ0v) is 24.0. The first-order valence-corrected chi connectivity index (χ1v) is 14.4. The Morgan fingerprint density at radius 1 is 1.14 bits per heavy atom. The summed E-state index contributed by atoms with van der Waals surface area (Å²) in [6.07, 6.45) is -1.54. The minimum Gasteiger partial charge on any atom is -0.445 e. The van der Waals surface area contributed by atoms with Crippen LogP contribution in [0, 0.1) is 6.92 Å². The predicted octanol–water partition coefficient (Wildman–Crippen LogP) is 6.47. The second-order valence-electron chi connectivity index (χ2n) is 10.4. The molecule has 6 rings (SSSR count). The lowest BCUT2D eigenvalue weighted by atomic mass is 10.00. The first kappa shape index (κ1) is 28.5. The third kappa shape index (κ3) is 6.14. The molecule has 0 radical (unpaired) electrons. The Labute approximate surface area is 248 Å². The molecule has 0 saturated carbocycles. The highest BCUT2D eigenvalue weighted by atomic mass is 32.1. The molecule has 0 aliphatic carbocycles. The SMILES string of the molecule is Cc1nsc(-c2ccc3c(-c4nc(N[C@@H]5CC[C@@H](C)N(C(=O)OCc6ccccc6)C5)ncc4C(F)(F)F)c[nH]c3n2)n1. The summed E-state index contributed by atoms with van der Waals surface area (Å²) in [6.45, 7) is 4.15. The van der Waals surface area contributed by atoms with Crippen LogP contribution in [0.3, 0.4) is 0 Å². The van der Waals surface area contributed by atoms with E-state index in [1.54, 1.807) is 24.0 Å². The third-order valence-corrected chi connectivity index (χ3v) is 8.12. The maximum atomic E-state index is 14.1. The zero-order chi connectivity index (χ0) is 30.1. The first-order valence-electron chi connectivity index (χ1n) is 13.6. The number of hydrogen-bond acceptors (Lipinski definition) is 9. The quantitative estimate of drug-likeness (QED) is 0.225. The molecule has 1 aliphatic heterocycles. The second-order valence-corrected chi connectivity index (χ2v) is 11.1. The molecule has 5 aromatic rings. The van der Waals surface area contributed by atoms with E-state index in [4.69, 9.17) is 4.74 Å². The molecule has 5 heterocycles.